The number of nitrogens with zero attached hydrogens (tertiary/aromatic N) is 1. The van der Waals surface area contributed by atoms with E-state index in [1.54, 1.807) is 0 Å². The minimum absolute atomic E-state index is 0.101. The highest BCUT2D eigenvalue weighted by Crippen LogP contribution is 2.17. The van der Waals surface area contributed by atoms with Crippen LogP contribution in [0.15, 0.2) is 24.3 Å². The first-order valence-corrected chi connectivity index (χ1v) is 6.32. The molecule has 1 amide bonds. The largest absolute Gasteiger partial charge is 0.481 e. The van der Waals surface area contributed by atoms with Crippen LogP contribution < -0.4 is 4.90 Å². The second-order valence-corrected chi connectivity index (χ2v) is 4.27. The molecular weight excluding hydrogens is 249 g/mol. The second-order valence-electron chi connectivity index (χ2n) is 4.27. The van der Waals surface area contributed by atoms with E-state index in [4.69, 9.17) is 5.11 Å². The molecule has 0 fully saturated rings. The van der Waals surface area contributed by atoms with Gasteiger partial charge in [0, 0.05) is 18.7 Å². The lowest BCUT2D eigenvalue weighted by molar-refractivity contribution is -0.136. The number of unbranched alkanes of at least 4 members (excludes halogenated alkanes) is 1. The minimum atomic E-state index is -0.963. The second kappa shape index (κ2) is 7.51. The van der Waals surface area contributed by atoms with Crippen molar-refractivity contribution >= 4 is 17.6 Å². The van der Waals surface area contributed by atoms with Gasteiger partial charge < -0.3 is 10.0 Å². The van der Waals surface area contributed by atoms with E-state index in [2.05, 4.69) is 0 Å². The molecule has 4 nitrogen and oxygen atoms in total. The van der Waals surface area contributed by atoms with Crippen LogP contribution in [0.2, 0.25) is 0 Å². The number of benzene rings is 1. The molecule has 0 aliphatic rings. The monoisotopic (exact) mass is 267 g/mol. The molecule has 0 aromatic heterocycles. The molecular formula is C14H18FNO3. The van der Waals surface area contributed by atoms with Crippen LogP contribution in [-0.4, -0.2) is 23.5 Å². The van der Waals surface area contributed by atoms with E-state index in [9.17, 15) is 14.0 Å². The van der Waals surface area contributed by atoms with Gasteiger partial charge >= 0.3 is 5.97 Å². The summed E-state index contributed by atoms with van der Waals surface area (Å²) >= 11 is 0. The van der Waals surface area contributed by atoms with Crippen molar-refractivity contribution in [3.63, 3.8) is 0 Å². The number of amides is 1. The summed E-state index contributed by atoms with van der Waals surface area (Å²) in [7, 11) is 0. The molecule has 1 aromatic carbocycles. The zero-order chi connectivity index (χ0) is 14.3. The van der Waals surface area contributed by atoms with Crippen molar-refractivity contribution in [3.8, 4) is 0 Å². The van der Waals surface area contributed by atoms with Crippen molar-refractivity contribution in [1.29, 1.82) is 0 Å². The molecule has 0 heterocycles. The van der Waals surface area contributed by atoms with Gasteiger partial charge in [0.25, 0.3) is 0 Å². The fourth-order valence-electron chi connectivity index (χ4n) is 1.69. The Hall–Kier alpha value is -1.91. The fraction of sp³-hybridized carbons (Fsp3) is 0.429. The highest BCUT2D eigenvalue weighted by atomic mass is 19.1. The Morgan fingerprint density at radius 2 is 1.84 bits per heavy atom. The molecule has 1 rings (SSSR count). The number of anilines is 1. The van der Waals surface area contributed by atoms with Gasteiger partial charge in [0.2, 0.25) is 5.91 Å². The van der Waals surface area contributed by atoms with Gasteiger partial charge in [-0.1, -0.05) is 13.3 Å². The summed E-state index contributed by atoms with van der Waals surface area (Å²) in [6, 6.07) is 5.49. The molecule has 0 atom stereocenters. The molecule has 5 heteroatoms. The lowest BCUT2D eigenvalue weighted by Crippen LogP contribution is -2.32. The van der Waals surface area contributed by atoms with Crippen molar-refractivity contribution in [2.24, 2.45) is 0 Å². The molecule has 0 aliphatic carbocycles. The minimum Gasteiger partial charge on any atom is -0.481 e. The highest BCUT2D eigenvalue weighted by Gasteiger charge is 2.16. The van der Waals surface area contributed by atoms with Gasteiger partial charge in [0.05, 0.1) is 6.42 Å². The summed E-state index contributed by atoms with van der Waals surface area (Å²) in [5, 5.41) is 8.71. The standard InChI is InChI=1S/C14H18FNO3/c1-2-3-4-13(17)16(10-9-14(18)19)12-7-5-11(15)6-8-12/h5-8H,2-4,9-10H2,1H3,(H,18,19). The third-order valence-electron chi connectivity index (χ3n) is 2.73. The summed E-state index contributed by atoms with van der Waals surface area (Å²) in [6.07, 6.45) is 1.88. The summed E-state index contributed by atoms with van der Waals surface area (Å²) in [4.78, 5) is 24.1. The van der Waals surface area contributed by atoms with Gasteiger partial charge in [-0.2, -0.15) is 0 Å². The van der Waals surface area contributed by atoms with Gasteiger partial charge in [-0.25, -0.2) is 4.39 Å². The maximum absolute atomic E-state index is 12.9. The maximum atomic E-state index is 12.9. The third-order valence-corrected chi connectivity index (χ3v) is 2.73. The van der Waals surface area contributed by atoms with Crippen LogP contribution in [0.5, 0.6) is 0 Å². The molecule has 0 unspecified atom stereocenters. The van der Waals surface area contributed by atoms with E-state index in [1.807, 2.05) is 6.92 Å². The Labute approximate surface area is 111 Å². The predicted octanol–water partition coefficient (Wildman–Crippen LogP) is 2.82. The molecule has 0 spiro atoms. The van der Waals surface area contributed by atoms with Crippen LogP contribution in [0.25, 0.3) is 0 Å². The Morgan fingerprint density at radius 1 is 1.21 bits per heavy atom. The number of hydrogen-bond acceptors (Lipinski definition) is 2. The molecule has 0 saturated heterocycles. The number of aliphatic carboxylic acids is 1. The quantitative estimate of drug-likeness (QED) is 0.826. The van der Waals surface area contributed by atoms with Crippen molar-refractivity contribution < 1.29 is 19.1 Å². The zero-order valence-corrected chi connectivity index (χ0v) is 10.9. The molecule has 0 radical (unpaired) electrons. The summed E-state index contributed by atoms with van der Waals surface area (Å²) in [6.45, 7) is 2.08. The number of rotatable bonds is 7. The van der Waals surface area contributed by atoms with Crippen LogP contribution in [0.3, 0.4) is 0 Å². The first-order chi connectivity index (χ1) is 9.04. The van der Waals surface area contributed by atoms with Crippen molar-refractivity contribution in [1.82, 2.24) is 0 Å². The lowest BCUT2D eigenvalue weighted by Gasteiger charge is -2.22. The molecule has 19 heavy (non-hydrogen) atoms. The number of carbonyl (C=O) groups excluding carboxylic acids is 1. The smallest absolute Gasteiger partial charge is 0.305 e. The van der Waals surface area contributed by atoms with E-state index in [0.29, 0.717) is 12.1 Å². The number of carboxylic acids is 1. The van der Waals surface area contributed by atoms with Gasteiger partial charge in [-0.05, 0) is 30.7 Å². The number of carboxylic acid groups (broad SMARTS) is 1. The first-order valence-electron chi connectivity index (χ1n) is 6.32. The normalized spacial score (nSPS) is 10.2. The van der Waals surface area contributed by atoms with Gasteiger partial charge in [0.15, 0.2) is 0 Å². The number of halogens is 1. The first kappa shape index (κ1) is 15.1. The molecule has 0 saturated carbocycles. The van der Waals surface area contributed by atoms with Gasteiger partial charge in [0.1, 0.15) is 5.82 Å². The average molecular weight is 267 g/mol. The Bertz CT molecular complexity index is 431. The van der Waals surface area contributed by atoms with Crippen molar-refractivity contribution in [2.75, 3.05) is 11.4 Å². The van der Waals surface area contributed by atoms with Gasteiger partial charge in [-0.15, -0.1) is 0 Å². The molecule has 0 bridgehead atoms. The topological polar surface area (TPSA) is 57.6 Å². The number of hydrogen-bond donors (Lipinski definition) is 1. The Kier molecular flexibility index (Phi) is 5.99. The zero-order valence-electron chi connectivity index (χ0n) is 10.9. The predicted molar refractivity (Wildman–Crippen MR) is 70.5 cm³/mol. The van der Waals surface area contributed by atoms with Crippen LogP contribution in [0, 0.1) is 5.82 Å². The molecule has 0 aliphatic heterocycles. The van der Waals surface area contributed by atoms with Crippen LogP contribution in [-0.2, 0) is 9.59 Å². The van der Waals surface area contributed by atoms with Crippen LogP contribution in [0.4, 0.5) is 10.1 Å². The van der Waals surface area contributed by atoms with E-state index in [-0.39, 0.29) is 24.7 Å². The van der Waals surface area contributed by atoms with E-state index in [1.165, 1.54) is 29.2 Å². The lowest BCUT2D eigenvalue weighted by atomic mass is 10.2. The Morgan fingerprint density at radius 3 is 2.37 bits per heavy atom. The molecule has 1 N–H and O–H groups in total. The summed E-state index contributed by atoms with van der Waals surface area (Å²) in [5.41, 5.74) is 0.531. The van der Waals surface area contributed by atoms with Crippen LogP contribution >= 0.6 is 0 Å². The third kappa shape index (κ3) is 5.07. The summed E-state index contributed by atoms with van der Waals surface area (Å²) in [5.74, 6) is -1.48. The van der Waals surface area contributed by atoms with Crippen LogP contribution in [0.1, 0.15) is 32.6 Å². The van der Waals surface area contributed by atoms with E-state index >= 15 is 0 Å². The van der Waals surface area contributed by atoms with E-state index < -0.39 is 5.97 Å². The Balaban J connectivity index is 2.81. The SMILES string of the molecule is CCCCC(=O)N(CCC(=O)O)c1ccc(F)cc1. The van der Waals surface area contributed by atoms with Crippen molar-refractivity contribution in [2.45, 2.75) is 32.6 Å². The average Bonchev–Trinajstić information content (AvgIpc) is 2.38. The number of carbonyl (C=O) groups is 2. The molecule has 1 aromatic rings. The van der Waals surface area contributed by atoms with Gasteiger partial charge in [-0.3, -0.25) is 9.59 Å². The maximum Gasteiger partial charge on any atom is 0.305 e. The highest BCUT2D eigenvalue weighted by molar-refractivity contribution is 5.93. The van der Waals surface area contributed by atoms with E-state index in [0.717, 1.165) is 12.8 Å². The molecule has 104 valence electrons. The fourth-order valence-corrected chi connectivity index (χ4v) is 1.69. The summed E-state index contributed by atoms with van der Waals surface area (Å²) < 4.78 is 12.9. The van der Waals surface area contributed by atoms with Crippen molar-refractivity contribution in [3.05, 3.63) is 30.1 Å².